The highest BCUT2D eigenvalue weighted by Crippen LogP contribution is 2.16. The number of hydrogen-bond acceptors (Lipinski definition) is 5. The number of piperidine rings is 1. The molecule has 1 aromatic rings. The van der Waals surface area contributed by atoms with Crippen LogP contribution in [0.15, 0.2) is 12.4 Å². The fraction of sp³-hybridized carbons (Fsp3) is 0.692. The van der Waals surface area contributed by atoms with E-state index in [9.17, 15) is 0 Å². The van der Waals surface area contributed by atoms with Crippen LogP contribution in [-0.4, -0.2) is 42.2 Å². The summed E-state index contributed by atoms with van der Waals surface area (Å²) in [5, 5.41) is 6.87. The van der Waals surface area contributed by atoms with Crippen molar-refractivity contribution in [3.05, 3.63) is 12.4 Å². The highest BCUT2D eigenvalue weighted by Gasteiger charge is 2.14. The minimum Gasteiger partial charge on any atom is -0.366 e. The van der Waals surface area contributed by atoms with E-state index in [1.54, 1.807) is 6.33 Å². The minimum absolute atomic E-state index is 0.434. The number of hydrogen-bond donors (Lipinski definition) is 2. The van der Waals surface area contributed by atoms with Crippen molar-refractivity contribution in [3.63, 3.8) is 0 Å². The van der Waals surface area contributed by atoms with Crippen LogP contribution in [0.3, 0.4) is 0 Å². The van der Waals surface area contributed by atoms with Gasteiger partial charge in [-0.1, -0.05) is 0 Å². The van der Waals surface area contributed by atoms with Gasteiger partial charge in [0.15, 0.2) is 0 Å². The van der Waals surface area contributed by atoms with Gasteiger partial charge in [-0.3, -0.25) is 0 Å². The fourth-order valence-corrected chi connectivity index (χ4v) is 2.07. The van der Waals surface area contributed by atoms with Gasteiger partial charge in [0, 0.05) is 31.7 Å². The number of nitrogens with zero attached hydrogens (tertiary/aromatic N) is 3. The standard InChI is InChI=1S/C13H23N5/c1-10(2)18(3)13-7-12(15-9-16-13)17-11-5-4-6-14-8-11/h7,9-11,14H,4-6,8H2,1-3H3,(H,15,16,17). The zero-order valence-electron chi connectivity index (χ0n) is 11.5. The lowest BCUT2D eigenvalue weighted by Crippen LogP contribution is -2.38. The molecule has 0 amide bonds. The summed E-state index contributed by atoms with van der Waals surface area (Å²) in [6.07, 6.45) is 4.06. The van der Waals surface area contributed by atoms with Crippen molar-refractivity contribution >= 4 is 11.6 Å². The molecule has 0 aliphatic carbocycles. The summed E-state index contributed by atoms with van der Waals surface area (Å²) in [5.41, 5.74) is 0. The molecule has 2 heterocycles. The average Bonchev–Trinajstić information content (AvgIpc) is 2.39. The highest BCUT2D eigenvalue weighted by molar-refractivity contribution is 5.48. The first kappa shape index (κ1) is 13.1. The van der Waals surface area contributed by atoms with Gasteiger partial charge in [-0.15, -0.1) is 0 Å². The normalized spacial score (nSPS) is 19.9. The van der Waals surface area contributed by atoms with Crippen LogP contribution >= 0.6 is 0 Å². The predicted octanol–water partition coefficient (Wildman–Crippen LogP) is 1.49. The summed E-state index contributed by atoms with van der Waals surface area (Å²) in [4.78, 5) is 10.8. The molecule has 1 aliphatic heterocycles. The van der Waals surface area contributed by atoms with Crippen LogP contribution in [0.1, 0.15) is 26.7 Å². The molecule has 0 bridgehead atoms. The van der Waals surface area contributed by atoms with E-state index in [0.29, 0.717) is 12.1 Å². The van der Waals surface area contributed by atoms with Crippen LogP contribution in [0, 0.1) is 0 Å². The van der Waals surface area contributed by atoms with Crippen LogP contribution in [0.5, 0.6) is 0 Å². The van der Waals surface area contributed by atoms with Gasteiger partial charge in [0.25, 0.3) is 0 Å². The van der Waals surface area contributed by atoms with Gasteiger partial charge >= 0.3 is 0 Å². The zero-order chi connectivity index (χ0) is 13.0. The largest absolute Gasteiger partial charge is 0.366 e. The fourth-order valence-electron chi connectivity index (χ4n) is 2.07. The SMILES string of the molecule is CC(C)N(C)c1cc(NC2CCCNC2)ncn1. The second-order valence-corrected chi connectivity index (χ2v) is 5.15. The van der Waals surface area contributed by atoms with E-state index >= 15 is 0 Å². The van der Waals surface area contributed by atoms with Gasteiger partial charge in [-0.2, -0.15) is 0 Å². The lowest BCUT2D eigenvalue weighted by atomic mass is 10.1. The molecule has 1 fully saturated rings. The Balaban J connectivity index is 2.02. The number of anilines is 2. The molecular formula is C13H23N5. The minimum atomic E-state index is 0.434. The second-order valence-electron chi connectivity index (χ2n) is 5.15. The predicted molar refractivity (Wildman–Crippen MR) is 75.1 cm³/mol. The molecule has 100 valence electrons. The Kier molecular flexibility index (Phi) is 4.36. The van der Waals surface area contributed by atoms with E-state index in [1.165, 1.54) is 12.8 Å². The van der Waals surface area contributed by atoms with E-state index in [2.05, 4.69) is 46.4 Å². The lowest BCUT2D eigenvalue weighted by Gasteiger charge is -2.26. The van der Waals surface area contributed by atoms with Crippen LogP contribution in [0.2, 0.25) is 0 Å². The van der Waals surface area contributed by atoms with Crippen molar-refractivity contribution in [1.82, 2.24) is 15.3 Å². The first-order valence-corrected chi connectivity index (χ1v) is 6.69. The topological polar surface area (TPSA) is 53.1 Å². The number of rotatable bonds is 4. The van der Waals surface area contributed by atoms with Crippen molar-refractivity contribution in [1.29, 1.82) is 0 Å². The summed E-state index contributed by atoms with van der Waals surface area (Å²) in [7, 11) is 2.05. The molecule has 1 atom stereocenters. The first-order chi connectivity index (χ1) is 8.66. The number of nitrogens with one attached hydrogen (secondary N) is 2. The number of aromatic nitrogens is 2. The molecule has 5 nitrogen and oxygen atoms in total. The highest BCUT2D eigenvalue weighted by atomic mass is 15.2. The molecule has 0 spiro atoms. The molecule has 0 aromatic carbocycles. The van der Waals surface area contributed by atoms with Crippen molar-refractivity contribution in [2.75, 3.05) is 30.4 Å². The van der Waals surface area contributed by atoms with Crippen LogP contribution < -0.4 is 15.5 Å². The van der Waals surface area contributed by atoms with E-state index < -0.39 is 0 Å². The Morgan fingerprint density at radius 3 is 2.94 bits per heavy atom. The first-order valence-electron chi connectivity index (χ1n) is 6.69. The Labute approximate surface area is 109 Å². The van der Waals surface area contributed by atoms with E-state index in [1.807, 2.05) is 6.07 Å². The van der Waals surface area contributed by atoms with Gasteiger partial charge in [-0.05, 0) is 33.2 Å². The molecule has 1 unspecified atom stereocenters. The molecule has 18 heavy (non-hydrogen) atoms. The van der Waals surface area contributed by atoms with E-state index in [-0.39, 0.29) is 0 Å². The molecular weight excluding hydrogens is 226 g/mol. The van der Waals surface area contributed by atoms with Gasteiger partial charge < -0.3 is 15.5 Å². The van der Waals surface area contributed by atoms with Crippen LogP contribution in [0.4, 0.5) is 11.6 Å². The van der Waals surface area contributed by atoms with Crippen molar-refractivity contribution < 1.29 is 0 Å². The third-order valence-electron chi connectivity index (χ3n) is 3.44. The monoisotopic (exact) mass is 249 g/mol. The quantitative estimate of drug-likeness (QED) is 0.846. The smallest absolute Gasteiger partial charge is 0.134 e. The summed E-state index contributed by atoms with van der Waals surface area (Å²) >= 11 is 0. The van der Waals surface area contributed by atoms with E-state index in [0.717, 1.165) is 24.7 Å². The van der Waals surface area contributed by atoms with Gasteiger partial charge in [0.05, 0.1) is 0 Å². The van der Waals surface area contributed by atoms with Crippen molar-refractivity contribution in [3.8, 4) is 0 Å². The van der Waals surface area contributed by atoms with Gasteiger partial charge in [0.1, 0.15) is 18.0 Å². The molecule has 0 radical (unpaired) electrons. The van der Waals surface area contributed by atoms with Crippen molar-refractivity contribution in [2.45, 2.75) is 38.8 Å². The summed E-state index contributed by atoms with van der Waals surface area (Å²) in [6, 6.07) is 2.93. The third kappa shape index (κ3) is 3.32. The third-order valence-corrected chi connectivity index (χ3v) is 3.44. The maximum atomic E-state index is 4.31. The zero-order valence-corrected chi connectivity index (χ0v) is 11.5. The molecule has 0 saturated carbocycles. The lowest BCUT2D eigenvalue weighted by molar-refractivity contribution is 0.479. The van der Waals surface area contributed by atoms with Crippen LogP contribution in [0.25, 0.3) is 0 Å². The Bertz CT molecular complexity index is 373. The summed E-state index contributed by atoms with van der Waals surface area (Å²) in [6.45, 7) is 6.45. The molecule has 1 aliphatic rings. The summed E-state index contributed by atoms with van der Waals surface area (Å²) < 4.78 is 0. The molecule has 2 N–H and O–H groups in total. The average molecular weight is 249 g/mol. The maximum Gasteiger partial charge on any atom is 0.134 e. The van der Waals surface area contributed by atoms with Crippen molar-refractivity contribution in [2.24, 2.45) is 0 Å². The molecule has 1 saturated heterocycles. The summed E-state index contributed by atoms with van der Waals surface area (Å²) in [5.74, 6) is 1.88. The Morgan fingerprint density at radius 2 is 2.28 bits per heavy atom. The van der Waals surface area contributed by atoms with Gasteiger partial charge in [-0.25, -0.2) is 9.97 Å². The molecule has 1 aromatic heterocycles. The van der Waals surface area contributed by atoms with E-state index in [4.69, 9.17) is 0 Å². The molecule has 5 heteroatoms. The Hall–Kier alpha value is -1.36. The second kappa shape index (κ2) is 6.00. The van der Waals surface area contributed by atoms with Crippen LogP contribution in [-0.2, 0) is 0 Å². The molecule has 2 rings (SSSR count). The Morgan fingerprint density at radius 1 is 1.44 bits per heavy atom. The maximum absolute atomic E-state index is 4.31. The van der Waals surface area contributed by atoms with Gasteiger partial charge in [0.2, 0.25) is 0 Å².